The molecule has 0 spiro atoms. The maximum Gasteiger partial charge on any atom is 0.264 e. The van der Waals surface area contributed by atoms with Crippen LogP contribution >= 0.6 is 0 Å². The fraction of sp³-hybridized carbons (Fsp3) is 0.500. The van der Waals surface area contributed by atoms with Gasteiger partial charge < -0.3 is 10.1 Å². The molecule has 24 heavy (non-hydrogen) atoms. The molecule has 3 rings (SSSR count). The molecule has 0 aliphatic carbocycles. The van der Waals surface area contributed by atoms with E-state index >= 15 is 0 Å². The summed E-state index contributed by atoms with van der Waals surface area (Å²) in [4.78, 5) is 23.3. The van der Waals surface area contributed by atoms with Crippen molar-refractivity contribution < 1.29 is 22.7 Å². The van der Waals surface area contributed by atoms with E-state index in [1.165, 1.54) is 12.1 Å². The normalized spacial score (nSPS) is 20.3. The second-order valence-electron chi connectivity index (χ2n) is 6.07. The molecule has 2 N–H and O–H groups in total. The van der Waals surface area contributed by atoms with Crippen molar-refractivity contribution >= 4 is 27.5 Å². The number of carbonyl (C=O) groups excluding carboxylic acids is 2. The molecule has 0 bridgehead atoms. The van der Waals surface area contributed by atoms with Crippen molar-refractivity contribution in [2.24, 2.45) is 0 Å². The highest BCUT2D eigenvalue weighted by Gasteiger charge is 2.23. The number of hydrogen-bond acceptors (Lipinski definition) is 5. The average molecular weight is 352 g/mol. The van der Waals surface area contributed by atoms with Crippen LogP contribution in [0.5, 0.6) is 0 Å². The maximum absolute atomic E-state index is 12.3. The lowest BCUT2D eigenvalue weighted by atomic mass is 10.0. The molecule has 2 amide bonds. The molecule has 2 heterocycles. The third kappa shape index (κ3) is 3.93. The fourth-order valence-corrected chi connectivity index (χ4v) is 4.02. The number of anilines is 1. The molecular weight excluding hydrogens is 332 g/mol. The number of aryl methyl sites for hydroxylation is 1. The van der Waals surface area contributed by atoms with Crippen LogP contribution in [0.3, 0.4) is 0 Å². The highest BCUT2D eigenvalue weighted by molar-refractivity contribution is 7.90. The number of nitrogens with one attached hydrogen (secondary N) is 2. The van der Waals surface area contributed by atoms with E-state index in [1.54, 1.807) is 6.07 Å². The molecule has 1 aromatic rings. The first-order valence-electron chi connectivity index (χ1n) is 8.04. The highest BCUT2D eigenvalue weighted by atomic mass is 32.2. The van der Waals surface area contributed by atoms with Gasteiger partial charge in [-0.25, -0.2) is 13.1 Å². The molecule has 0 radical (unpaired) electrons. The molecule has 2 aliphatic rings. The van der Waals surface area contributed by atoms with E-state index in [-0.39, 0.29) is 23.3 Å². The van der Waals surface area contributed by atoms with Crippen molar-refractivity contribution in [2.75, 3.05) is 11.9 Å². The van der Waals surface area contributed by atoms with E-state index in [0.29, 0.717) is 31.6 Å². The Labute approximate surface area is 140 Å². The minimum Gasteiger partial charge on any atom is -0.378 e. The summed E-state index contributed by atoms with van der Waals surface area (Å²) in [6.07, 6.45) is 3.39. The highest BCUT2D eigenvalue weighted by Crippen LogP contribution is 2.25. The zero-order chi connectivity index (χ0) is 17.2. The van der Waals surface area contributed by atoms with E-state index in [1.807, 2.05) is 0 Å². The number of fused-ring (bicyclic) bond motifs is 1. The summed E-state index contributed by atoms with van der Waals surface area (Å²) < 4.78 is 32.2. The summed E-state index contributed by atoms with van der Waals surface area (Å²) in [6.45, 7) is 0.705. The second kappa shape index (κ2) is 6.90. The molecule has 1 aromatic carbocycles. The molecule has 1 atom stereocenters. The van der Waals surface area contributed by atoms with Crippen molar-refractivity contribution in [1.82, 2.24) is 4.72 Å². The summed E-state index contributed by atoms with van der Waals surface area (Å²) in [6, 6.07) is 4.45. The Morgan fingerprint density at radius 2 is 2.17 bits per heavy atom. The molecule has 0 aromatic heterocycles. The molecule has 1 saturated heterocycles. The van der Waals surface area contributed by atoms with Crippen LogP contribution in [0.1, 0.15) is 37.7 Å². The van der Waals surface area contributed by atoms with Gasteiger partial charge in [-0.3, -0.25) is 9.59 Å². The summed E-state index contributed by atoms with van der Waals surface area (Å²) >= 11 is 0. The molecule has 1 fully saturated rings. The summed E-state index contributed by atoms with van der Waals surface area (Å²) in [7, 11) is -3.91. The van der Waals surface area contributed by atoms with Crippen molar-refractivity contribution in [1.29, 1.82) is 0 Å². The van der Waals surface area contributed by atoms with Crippen LogP contribution in [-0.4, -0.2) is 32.9 Å². The van der Waals surface area contributed by atoms with Crippen LogP contribution in [0.15, 0.2) is 23.1 Å². The number of sulfonamides is 1. The summed E-state index contributed by atoms with van der Waals surface area (Å²) in [5, 5.41) is 2.70. The van der Waals surface area contributed by atoms with Crippen LogP contribution in [0.2, 0.25) is 0 Å². The zero-order valence-electron chi connectivity index (χ0n) is 13.2. The summed E-state index contributed by atoms with van der Waals surface area (Å²) in [5.74, 6) is -0.614. The Kier molecular flexibility index (Phi) is 4.86. The van der Waals surface area contributed by atoms with Gasteiger partial charge in [0.2, 0.25) is 11.8 Å². The minimum absolute atomic E-state index is 0.0304. The molecule has 8 heteroatoms. The van der Waals surface area contributed by atoms with Gasteiger partial charge in [-0.1, -0.05) is 0 Å². The summed E-state index contributed by atoms with van der Waals surface area (Å²) in [5.41, 5.74) is 1.37. The maximum atomic E-state index is 12.3. The lowest BCUT2D eigenvalue weighted by Crippen LogP contribution is -2.31. The number of rotatable bonds is 5. The average Bonchev–Trinajstić information content (AvgIpc) is 3.05. The molecule has 7 nitrogen and oxygen atoms in total. The van der Waals surface area contributed by atoms with Gasteiger partial charge in [0.25, 0.3) is 10.0 Å². The van der Waals surface area contributed by atoms with E-state index in [0.717, 1.165) is 18.4 Å². The van der Waals surface area contributed by atoms with Crippen molar-refractivity contribution in [3.63, 3.8) is 0 Å². The molecule has 0 saturated carbocycles. The van der Waals surface area contributed by atoms with Crippen LogP contribution < -0.4 is 10.0 Å². The molecule has 2 aliphatic heterocycles. The van der Waals surface area contributed by atoms with Crippen molar-refractivity contribution in [3.05, 3.63) is 23.8 Å². The SMILES string of the molecule is O=C1CCc2cc(S(=O)(=O)NC(=O)CCC3CCCO3)ccc2N1. The van der Waals surface area contributed by atoms with Crippen LogP contribution in [0.25, 0.3) is 0 Å². The van der Waals surface area contributed by atoms with Gasteiger partial charge in [0.15, 0.2) is 0 Å². The molecular formula is C16H20N2O5S. The molecule has 1 unspecified atom stereocenters. The van der Waals surface area contributed by atoms with Crippen LogP contribution in [0, 0.1) is 0 Å². The van der Waals surface area contributed by atoms with Gasteiger partial charge in [0.1, 0.15) is 0 Å². The van der Waals surface area contributed by atoms with Crippen LogP contribution in [0.4, 0.5) is 5.69 Å². The lowest BCUT2D eigenvalue weighted by molar-refractivity contribution is -0.120. The quantitative estimate of drug-likeness (QED) is 0.832. The first-order chi connectivity index (χ1) is 11.4. The Morgan fingerprint density at radius 3 is 2.92 bits per heavy atom. The van der Waals surface area contributed by atoms with Crippen molar-refractivity contribution in [2.45, 2.75) is 49.5 Å². The zero-order valence-corrected chi connectivity index (χ0v) is 14.0. The van der Waals surface area contributed by atoms with Gasteiger partial charge in [-0.05, 0) is 49.4 Å². The fourth-order valence-electron chi connectivity index (χ4n) is 2.95. The Bertz CT molecular complexity index is 754. The third-order valence-corrected chi connectivity index (χ3v) is 5.62. The number of hydrogen-bond donors (Lipinski definition) is 2. The number of ether oxygens (including phenoxy) is 1. The van der Waals surface area contributed by atoms with Gasteiger partial charge in [-0.2, -0.15) is 0 Å². The van der Waals surface area contributed by atoms with Gasteiger partial charge in [0.05, 0.1) is 11.0 Å². The van der Waals surface area contributed by atoms with Gasteiger partial charge in [-0.15, -0.1) is 0 Å². The van der Waals surface area contributed by atoms with E-state index in [2.05, 4.69) is 10.0 Å². The third-order valence-electron chi connectivity index (χ3n) is 4.25. The molecule has 130 valence electrons. The van der Waals surface area contributed by atoms with Crippen LogP contribution in [-0.2, 0) is 30.8 Å². The standard InChI is InChI=1S/C16H20N2O5S/c19-15-7-3-11-10-13(5-6-14(11)17-15)24(21,22)18-16(20)8-4-12-2-1-9-23-12/h5-6,10,12H,1-4,7-9H2,(H,17,19)(H,18,20). The van der Waals surface area contributed by atoms with Gasteiger partial charge >= 0.3 is 0 Å². The predicted molar refractivity (Wildman–Crippen MR) is 86.9 cm³/mol. The first-order valence-corrected chi connectivity index (χ1v) is 9.52. The van der Waals surface area contributed by atoms with Crippen molar-refractivity contribution in [3.8, 4) is 0 Å². The second-order valence-corrected chi connectivity index (χ2v) is 7.75. The Morgan fingerprint density at radius 1 is 1.33 bits per heavy atom. The topological polar surface area (TPSA) is 102 Å². The number of benzene rings is 1. The predicted octanol–water partition coefficient (Wildman–Crippen LogP) is 1.34. The Hall–Kier alpha value is -1.93. The largest absolute Gasteiger partial charge is 0.378 e. The van der Waals surface area contributed by atoms with E-state index in [9.17, 15) is 18.0 Å². The van der Waals surface area contributed by atoms with E-state index < -0.39 is 15.9 Å². The van der Waals surface area contributed by atoms with E-state index in [4.69, 9.17) is 4.74 Å². The first kappa shape index (κ1) is 16.9. The monoisotopic (exact) mass is 352 g/mol. The minimum atomic E-state index is -3.91. The Balaban J connectivity index is 1.64. The number of carbonyl (C=O) groups is 2. The number of amides is 2. The lowest BCUT2D eigenvalue weighted by Gasteiger charge is -2.17. The smallest absolute Gasteiger partial charge is 0.264 e. The van der Waals surface area contributed by atoms with Gasteiger partial charge in [0, 0.05) is 25.1 Å².